The number of likely N-dealkylation sites (tertiary alicyclic amines) is 1. The van der Waals surface area contributed by atoms with E-state index in [4.69, 9.17) is 0 Å². The number of carbonyl (C=O) groups is 1. The molecule has 6 nitrogen and oxygen atoms in total. The fourth-order valence-corrected chi connectivity index (χ4v) is 3.71. The van der Waals surface area contributed by atoms with Crippen LogP contribution in [0.2, 0.25) is 0 Å². The van der Waals surface area contributed by atoms with E-state index in [9.17, 15) is 4.79 Å². The molecule has 0 bridgehead atoms. The molecule has 28 heavy (non-hydrogen) atoms. The minimum Gasteiger partial charge on any atom is -0.383 e. The van der Waals surface area contributed by atoms with E-state index in [-0.39, 0.29) is 12.1 Å². The van der Waals surface area contributed by atoms with Crippen LogP contribution in [0, 0.1) is 6.92 Å². The van der Waals surface area contributed by atoms with Crippen molar-refractivity contribution in [1.29, 1.82) is 0 Å². The number of pyridine rings is 1. The Bertz CT molecular complexity index is 775. The first-order chi connectivity index (χ1) is 13.5. The zero-order valence-electron chi connectivity index (χ0n) is 17.1. The van der Waals surface area contributed by atoms with Gasteiger partial charge in [-0.15, -0.1) is 0 Å². The highest BCUT2D eigenvalue weighted by molar-refractivity contribution is 5.75. The van der Waals surface area contributed by atoms with E-state index in [2.05, 4.69) is 58.9 Å². The molecule has 150 valence electrons. The van der Waals surface area contributed by atoms with E-state index in [1.165, 1.54) is 11.1 Å². The summed E-state index contributed by atoms with van der Waals surface area (Å²) in [7, 11) is 4.14. The molecule has 1 aromatic heterocycles. The number of anilines is 1. The molecular weight excluding hydrogens is 350 g/mol. The summed E-state index contributed by atoms with van der Waals surface area (Å²) >= 11 is 0. The highest BCUT2D eigenvalue weighted by Crippen LogP contribution is 2.32. The van der Waals surface area contributed by atoms with E-state index in [0.29, 0.717) is 13.1 Å². The van der Waals surface area contributed by atoms with Gasteiger partial charge in [0.2, 0.25) is 0 Å². The quantitative estimate of drug-likeness (QED) is 0.722. The first kappa shape index (κ1) is 20.1. The van der Waals surface area contributed by atoms with Crippen molar-refractivity contribution in [1.82, 2.24) is 20.1 Å². The van der Waals surface area contributed by atoms with Gasteiger partial charge in [-0.2, -0.15) is 0 Å². The number of urea groups is 1. The molecule has 1 aromatic carbocycles. The molecule has 1 aliphatic heterocycles. The Balaban J connectivity index is 1.51. The lowest BCUT2D eigenvalue weighted by Gasteiger charge is -2.26. The van der Waals surface area contributed by atoms with Crippen LogP contribution in [0.5, 0.6) is 0 Å². The van der Waals surface area contributed by atoms with Gasteiger partial charge in [-0.05, 0) is 56.6 Å². The highest BCUT2D eigenvalue weighted by Gasteiger charge is 2.29. The molecule has 1 aliphatic rings. The maximum Gasteiger partial charge on any atom is 0.317 e. The van der Waals surface area contributed by atoms with Gasteiger partial charge in [-0.25, -0.2) is 4.79 Å². The van der Waals surface area contributed by atoms with Gasteiger partial charge in [-0.1, -0.05) is 24.3 Å². The minimum absolute atomic E-state index is 0.0214. The third-order valence-corrected chi connectivity index (χ3v) is 5.11. The van der Waals surface area contributed by atoms with E-state index in [1.54, 1.807) is 6.20 Å². The zero-order chi connectivity index (χ0) is 19.9. The van der Waals surface area contributed by atoms with Crippen LogP contribution in [0.15, 0.2) is 42.7 Å². The van der Waals surface area contributed by atoms with Crippen LogP contribution in [-0.4, -0.2) is 54.5 Å². The lowest BCUT2D eigenvalue weighted by molar-refractivity contribution is 0.193. The number of amides is 2. The van der Waals surface area contributed by atoms with Gasteiger partial charge >= 0.3 is 6.03 Å². The minimum atomic E-state index is 0.0214. The number of nitrogens with one attached hydrogen (secondary N) is 2. The maximum absolute atomic E-state index is 12.7. The third kappa shape index (κ3) is 5.23. The van der Waals surface area contributed by atoms with Gasteiger partial charge in [0.1, 0.15) is 0 Å². The molecule has 2 amide bonds. The van der Waals surface area contributed by atoms with Crippen molar-refractivity contribution in [3.63, 3.8) is 0 Å². The summed E-state index contributed by atoms with van der Waals surface area (Å²) in [5.74, 6) is 0. The van der Waals surface area contributed by atoms with Crippen molar-refractivity contribution >= 4 is 11.7 Å². The van der Waals surface area contributed by atoms with Crippen LogP contribution in [-0.2, 0) is 6.54 Å². The Morgan fingerprint density at radius 1 is 1.21 bits per heavy atom. The molecule has 0 aliphatic carbocycles. The first-order valence-corrected chi connectivity index (χ1v) is 9.97. The smallest absolute Gasteiger partial charge is 0.317 e. The van der Waals surface area contributed by atoms with E-state index < -0.39 is 0 Å². The molecule has 2 aromatic rings. The normalized spacial score (nSPS) is 16.4. The van der Waals surface area contributed by atoms with Crippen LogP contribution in [0.4, 0.5) is 10.5 Å². The predicted molar refractivity (Wildman–Crippen MR) is 113 cm³/mol. The summed E-state index contributed by atoms with van der Waals surface area (Å²) in [6, 6.07) is 10.8. The van der Waals surface area contributed by atoms with Gasteiger partial charge in [0, 0.05) is 44.3 Å². The van der Waals surface area contributed by atoms with E-state index >= 15 is 0 Å². The summed E-state index contributed by atoms with van der Waals surface area (Å²) < 4.78 is 0. The van der Waals surface area contributed by atoms with Gasteiger partial charge < -0.3 is 20.4 Å². The lowest BCUT2D eigenvalue weighted by atomic mass is 10.0. The SMILES string of the molecule is Cc1cnccc1NCCNC(=O)N1CCC[C@@H]1c1ccc(CN(C)C)cc1. The number of hydrogen-bond donors (Lipinski definition) is 2. The van der Waals surface area contributed by atoms with Crippen LogP contribution in [0.3, 0.4) is 0 Å². The van der Waals surface area contributed by atoms with Crippen molar-refractivity contribution in [2.75, 3.05) is 39.0 Å². The van der Waals surface area contributed by atoms with Crippen LogP contribution < -0.4 is 10.6 Å². The van der Waals surface area contributed by atoms with E-state index in [1.807, 2.05) is 24.1 Å². The largest absolute Gasteiger partial charge is 0.383 e. The average Bonchev–Trinajstić information content (AvgIpc) is 3.16. The number of nitrogens with zero attached hydrogens (tertiary/aromatic N) is 3. The molecule has 2 heterocycles. The number of aryl methyl sites for hydroxylation is 1. The standard InChI is InChI=1S/C22H31N5O/c1-17-15-23-11-10-20(17)24-12-13-25-22(28)27-14-4-5-21(27)19-8-6-18(7-9-19)16-26(2)3/h6-11,15,21H,4-5,12-14,16H2,1-3H3,(H,23,24)(H,25,28)/t21-/m1/s1. The molecular formula is C22H31N5O. The molecule has 0 unspecified atom stereocenters. The molecule has 1 atom stereocenters. The summed E-state index contributed by atoms with van der Waals surface area (Å²) in [4.78, 5) is 20.9. The Kier molecular flexibility index (Phi) is 6.87. The third-order valence-electron chi connectivity index (χ3n) is 5.11. The molecule has 6 heteroatoms. The Hall–Kier alpha value is -2.60. The second-order valence-electron chi connectivity index (χ2n) is 7.68. The monoisotopic (exact) mass is 381 g/mol. The molecule has 0 saturated carbocycles. The molecule has 0 spiro atoms. The Labute approximate surface area is 167 Å². The topological polar surface area (TPSA) is 60.5 Å². The fourth-order valence-electron chi connectivity index (χ4n) is 3.71. The number of carbonyl (C=O) groups excluding carboxylic acids is 1. The molecule has 3 rings (SSSR count). The fraction of sp³-hybridized carbons (Fsp3) is 0.455. The van der Waals surface area contributed by atoms with Crippen molar-refractivity contribution in [2.24, 2.45) is 0 Å². The number of benzene rings is 1. The summed E-state index contributed by atoms with van der Waals surface area (Å²) in [6.07, 6.45) is 5.67. The van der Waals surface area contributed by atoms with Gasteiger partial charge in [-0.3, -0.25) is 4.98 Å². The number of rotatable bonds is 7. The molecule has 1 fully saturated rings. The van der Waals surface area contributed by atoms with Gasteiger partial charge in [0.25, 0.3) is 0 Å². The number of aromatic nitrogens is 1. The molecule has 2 N–H and O–H groups in total. The second kappa shape index (κ2) is 9.55. The van der Waals surface area contributed by atoms with Crippen LogP contribution in [0.1, 0.15) is 35.6 Å². The summed E-state index contributed by atoms with van der Waals surface area (Å²) in [5, 5.41) is 6.40. The van der Waals surface area contributed by atoms with Crippen molar-refractivity contribution < 1.29 is 4.79 Å². The zero-order valence-corrected chi connectivity index (χ0v) is 17.1. The second-order valence-corrected chi connectivity index (χ2v) is 7.68. The maximum atomic E-state index is 12.7. The first-order valence-electron chi connectivity index (χ1n) is 9.97. The van der Waals surface area contributed by atoms with Crippen LogP contribution >= 0.6 is 0 Å². The van der Waals surface area contributed by atoms with Crippen molar-refractivity contribution in [3.8, 4) is 0 Å². The Morgan fingerprint density at radius 3 is 2.71 bits per heavy atom. The summed E-state index contributed by atoms with van der Waals surface area (Å²) in [6.45, 7) is 5.04. The van der Waals surface area contributed by atoms with Crippen LogP contribution in [0.25, 0.3) is 0 Å². The van der Waals surface area contributed by atoms with Gasteiger partial charge in [0.05, 0.1) is 6.04 Å². The average molecular weight is 382 g/mol. The molecule has 1 saturated heterocycles. The molecule has 0 radical (unpaired) electrons. The van der Waals surface area contributed by atoms with Crippen molar-refractivity contribution in [3.05, 3.63) is 59.4 Å². The summed E-state index contributed by atoms with van der Waals surface area (Å²) in [5.41, 5.74) is 4.67. The van der Waals surface area contributed by atoms with Gasteiger partial charge in [0.15, 0.2) is 0 Å². The lowest BCUT2D eigenvalue weighted by Crippen LogP contribution is -2.41. The van der Waals surface area contributed by atoms with Crippen molar-refractivity contribution in [2.45, 2.75) is 32.4 Å². The van der Waals surface area contributed by atoms with E-state index in [0.717, 1.165) is 37.2 Å². The highest BCUT2D eigenvalue weighted by atomic mass is 16.2. The number of hydrogen-bond acceptors (Lipinski definition) is 4. The predicted octanol–water partition coefficient (Wildman–Crippen LogP) is 3.41. The Morgan fingerprint density at radius 2 is 2.00 bits per heavy atom.